The predicted octanol–water partition coefficient (Wildman–Crippen LogP) is 1.62. The normalized spacial score (nSPS) is 38.0. The Bertz CT molecular complexity index is 75.0. The van der Waals surface area contributed by atoms with E-state index in [1.165, 1.54) is 0 Å². The van der Waals surface area contributed by atoms with E-state index in [1.807, 2.05) is 0 Å². The molecule has 1 saturated carbocycles. The fourth-order valence-electron chi connectivity index (χ4n) is 1.34. The molecule has 9 heavy (non-hydrogen) atoms. The Morgan fingerprint density at radius 2 is 1.89 bits per heavy atom. The Morgan fingerprint density at radius 3 is 2.67 bits per heavy atom. The first-order chi connectivity index (χ1) is 4.29. The van der Waals surface area contributed by atoms with Crippen molar-refractivity contribution < 1.29 is 4.39 Å². The van der Waals surface area contributed by atoms with E-state index in [4.69, 9.17) is 5.73 Å². The Morgan fingerprint density at radius 1 is 1.22 bits per heavy atom. The molecule has 0 heterocycles. The summed E-state index contributed by atoms with van der Waals surface area (Å²) in [4.78, 5) is 0. The third kappa shape index (κ3) is 2.31. The number of hydrogen-bond donors (Lipinski definition) is 1. The lowest BCUT2D eigenvalue weighted by molar-refractivity contribution is 0.290. The first kappa shape index (κ1) is 7.00. The quantitative estimate of drug-likeness (QED) is 0.497. The molecule has 0 radical (unpaired) electrons. The molecule has 2 atom stereocenters. The minimum Gasteiger partial charge on any atom is -0.328 e. The molecule has 0 amide bonds. The largest absolute Gasteiger partial charge is 0.328 e. The zero-order valence-corrected chi connectivity index (χ0v) is 5.65. The minimum atomic E-state index is -0.623. The van der Waals surface area contributed by atoms with Gasteiger partial charge in [0.2, 0.25) is 0 Å². The molecule has 0 saturated heterocycles. The maximum absolute atomic E-state index is 12.6. The van der Waals surface area contributed by atoms with Crippen molar-refractivity contribution in [3.63, 3.8) is 0 Å². The van der Waals surface area contributed by atoms with Gasteiger partial charge in [0.25, 0.3) is 0 Å². The van der Waals surface area contributed by atoms with E-state index in [2.05, 4.69) is 0 Å². The summed E-state index contributed by atoms with van der Waals surface area (Å²) in [7, 11) is 0. The summed E-state index contributed by atoms with van der Waals surface area (Å²) in [5.74, 6) is 0. The van der Waals surface area contributed by atoms with Crippen LogP contribution in [0.3, 0.4) is 0 Å². The van der Waals surface area contributed by atoms with Gasteiger partial charge in [-0.25, -0.2) is 4.39 Å². The Kier molecular flexibility index (Phi) is 2.46. The highest BCUT2D eigenvalue weighted by Crippen LogP contribution is 2.18. The molecule has 1 fully saturated rings. The molecule has 0 unspecified atom stereocenters. The topological polar surface area (TPSA) is 26.0 Å². The third-order valence-electron chi connectivity index (χ3n) is 1.90. The molecule has 0 bridgehead atoms. The van der Waals surface area contributed by atoms with Crippen molar-refractivity contribution in [2.24, 2.45) is 5.73 Å². The summed E-state index contributed by atoms with van der Waals surface area (Å²) in [5, 5.41) is 0. The molecule has 54 valence electrons. The van der Waals surface area contributed by atoms with Crippen molar-refractivity contribution in [2.75, 3.05) is 0 Å². The molecule has 0 aromatic heterocycles. The van der Waals surface area contributed by atoms with Crippen LogP contribution in [0.4, 0.5) is 4.39 Å². The molecular weight excluding hydrogens is 117 g/mol. The van der Waals surface area contributed by atoms with Crippen LogP contribution in [0.1, 0.15) is 32.1 Å². The summed E-state index contributed by atoms with van der Waals surface area (Å²) < 4.78 is 12.6. The number of halogens is 1. The number of nitrogens with two attached hydrogens (primary N) is 1. The summed E-state index contributed by atoms with van der Waals surface area (Å²) in [6.45, 7) is 0. The summed E-state index contributed by atoms with van der Waals surface area (Å²) >= 11 is 0. The number of rotatable bonds is 0. The third-order valence-corrected chi connectivity index (χ3v) is 1.90. The predicted molar refractivity (Wildman–Crippen MR) is 36.0 cm³/mol. The smallest absolute Gasteiger partial charge is 0.102 e. The van der Waals surface area contributed by atoms with E-state index in [-0.39, 0.29) is 6.04 Å². The summed E-state index contributed by atoms with van der Waals surface area (Å²) in [6, 6.07) is 0.127. The van der Waals surface area contributed by atoms with E-state index in [9.17, 15) is 4.39 Å². The molecule has 0 spiro atoms. The van der Waals surface area contributed by atoms with Crippen LogP contribution in [-0.2, 0) is 0 Å². The van der Waals surface area contributed by atoms with Crippen LogP contribution >= 0.6 is 0 Å². The molecule has 1 aliphatic rings. The van der Waals surface area contributed by atoms with Gasteiger partial charge in [0.05, 0.1) is 0 Å². The second-order valence-corrected chi connectivity index (χ2v) is 2.88. The first-order valence-electron chi connectivity index (χ1n) is 3.68. The summed E-state index contributed by atoms with van der Waals surface area (Å²) in [6.07, 6.45) is 3.84. The van der Waals surface area contributed by atoms with Crippen LogP contribution in [0.5, 0.6) is 0 Å². The van der Waals surface area contributed by atoms with Gasteiger partial charge < -0.3 is 5.73 Å². The Balaban J connectivity index is 2.29. The molecule has 2 N–H and O–H groups in total. The van der Waals surface area contributed by atoms with Gasteiger partial charge in [-0.2, -0.15) is 0 Å². The maximum atomic E-state index is 12.6. The van der Waals surface area contributed by atoms with Crippen LogP contribution in [0.15, 0.2) is 0 Å². The van der Waals surface area contributed by atoms with Crippen molar-refractivity contribution in [2.45, 2.75) is 44.3 Å². The van der Waals surface area contributed by atoms with E-state index >= 15 is 0 Å². The maximum Gasteiger partial charge on any atom is 0.102 e. The van der Waals surface area contributed by atoms with E-state index in [0.29, 0.717) is 6.42 Å². The van der Waals surface area contributed by atoms with Crippen LogP contribution in [-0.4, -0.2) is 12.2 Å². The molecule has 0 aromatic carbocycles. The van der Waals surface area contributed by atoms with Crippen LogP contribution in [0.25, 0.3) is 0 Å². The van der Waals surface area contributed by atoms with Crippen molar-refractivity contribution in [1.29, 1.82) is 0 Å². The van der Waals surface area contributed by atoms with Crippen molar-refractivity contribution in [1.82, 2.24) is 0 Å². The molecule has 1 rings (SSSR count). The lowest BCUT2D eigenvalue weighted by atomic mass is 10.1. The van der Waals surface area contributed by atoms with Crippen molar-refractivity contribution in [3.8, 4) is 0 Å². The zero-order chi connectivity index (χ0) is 6.69. The van der Waals surface area contributed by atoms with Gasteiger partial charge in [0.1, 0.15) is 6.17 Å². The van der Waals surface area contributed by atoms with E-state index in [0.717, 1.165) is 25.7 Å². The van der Waals surface area contributed by atoms with E-state index in [1.54, 1.807) is 0 Å². The summed E-state index contributed by atoms with van der Waals surface area (Å²) in [5.41, 5.74) is 5.59. The molecule has 1 nitrogen and oxygen atoms in total. The van der Waals surface area contributed by atoms with Gasteiger partial charge in [-0.15, -0.1) is 0 Å². The number of alkyl halides is 1. The first-order valence-corrected chi connectivity index (χ1v) is 3.68. The fourth-order valence-corrected chi connectivity index (χ4v) is 1.34. The Hall–Kier alpha value is -0.110. The van der Waals surface area contributed by atoms with Gasteiger partial charge >= 0.3 is 0 Å². The average Bonchev–Trinajstić information content (AvgIpc) is 1.93. The SMILES string of the molecule is N[C@@H]1CCCC[C@H](F)C1. The van der Waals surface area contributed by atoms with E-state index < -0.39 is 6.17 Å². The standard InChI is InChI=1S/C7H14FN/c8-6-3-1-2-4-7(9)5-6/h6-7H,1-5,9H2/t6-,7+/m0/s1. The van der Waals surface area contributed by atoms with Crippen LogP contribution in [0, 0.1) is 0 Å². The monoisotopic (exact) mass is 131 g/mol. The second-order valence-electron chi connectivity index (χ2n) is 2.88. The van der Waals surface area contributed by atoms with Gasteiger partial charge in [-0.05, 0) is 19.3 Å². The molecular formula is C7H14FN. The van der Waals surface area contributed by atoms with Gasteiger partial charge in [0, 0.05) is 6.04 Å². The van der Waals surface area contributed by atoms with Crippen molar-refractivity contribution >= 4 is 0 Å². The average molecular weight is 131 g/mol. The minimum absolute atomic E-state index is 0.127. The molecule has 2 heteroatoms. The van der Waals surface area contributed by atoms with Gasteiger partial charge in [-0.3, -0.25) is 0 Å². The van der Waals surface area contributed by atoms with Crippen LogP contribution < -0.4 is 5.73 Å². The number of hydrogen-bond acceptors (Lipinski definition) is 1. The van der Waals surface area contributed by atoms with Crippen LogP contribution in [0.2, 0.25) is 0 Å². The molecule has 0 aromatic rings. The fraction of sp³-hybridized carbons (Fsp3) is 1.00. The second kappa shape index (κ2) is 3.16. The highest BCUT2D eigenvalue weighted by atomic mass is 19.1. The highest BCUT2D eigenvalue weighted by molar-refractivity contribution is 4.71. The lowest BCUT2D eigenvalue weighted by Gasteiger charge is -2.07. The van der Waals surface area contributed by atoms with Crippen molar-refractivity contribution in [3.05, 3.63) is 0 Å². The molecule has 1 aliphatic carbocycles. The Labute approximate surface area is 55.4 Å². The highest BCUT2D eigenvalue weighted by Gasteiger charge is 2.15. The van der Waals surface area contributed by atoms with Gasteiger partial charge in [0.15, 0.2) is 0 Å². The lowest BCUT2D eigenvalue weighted by Crippen LogP contribution is -2.21. The zero-order valence-electron chi connectivity index (χ0n) is 5.65. The van der Waals surface area contributed by atoms with Gasteiger partial charge in [-0.1, -0.05) is 12.8 Å². The molecule has 0 aliphatic heterocycles.